The fraction of sp³-hybridized carbons (Fsp3) is 0.468. The Morgan fingerprint density at radius 1 is 0.938 bits per heavy atom. The SMILES string of the molecule is CCCO[C@@H]1[C@H](OP(OCCC#N)N(C(C)C)C(C)C)[C@@H](C(O)C(c2ccccc2)(c2ccc(OC)cc2)c2ccc(OC)cc2)O[C@H]1n1cnc2c(=O)[nH]c(NC(=O)C(C)C)nc21. The summed E-state index contributed by atoms with van der Waals surface area (Å²) in [4.78, 5) is 38.1. The van der Waals surface area contributed by atoms with Crippen LogP contribution >= 0.6 is 8.53 Å². The lowest BCUT2D eigenvalue weighted by atomic mass is 9.64. The Morgan fingerprint density at radius 3 is 2.06 bits per heavy atom. The summed E-state index contributed by atoms with van der Waals surface area (Å²) in [6.45, 7) is 14.0. The molecule has 64 heavy (non-hydrogen) atoms. The molecule has 5 aromatic rings. The van der Waals surface area contributed by atoms with Crippen molar-refractivity contribution < 1.29 is 37.9 Å². The summed E-state index contributed by atoms with van der Waals surface area (Å²) in [7, 11) is 1.26. The number of anilines is 1. The lowest BCUT2D eigenvalue weighted by Gasteiger charge is -2.44. The molecule has 0 bridgehead atoms. The average molecular weight is 898 g/mol. The van der Waals surface area contributed by atoms with Gasteiger partial charge in [0.2, 0.25) is 11.9 Å². The molecule has 342 valence electrons. The lowest BCUT2D eigenvalue weighted by molar-refractivity contribution is -0.118. The van der Waals surface area contributed by atoms with Crippen molar-refractivity contribution in [1.29, 1.82) is 5.26 Å². The third kappa shape index (κ3) is 10.0. The molecule has 0 radical (unpaired) electrons. The molecule has 1 saturated heterocycles. The Hall–Kier alpha value is -5.24. The number of carbonyl (C=O) groups excluding carboxylic acids is 1. The molecule has 16 nitrogen and oxygen atoms in total. The maximum Gasteiger partial charge on any atom is 0.280 e. The molecule has 3 heterocycles. The first-order valence-electron chi connectivity index (χ1n) is 21.6. The van der Waals surface area contributed by atoms with E-state index in [4.69, 9.17) is 28.0 Å². The molecule has 17 heteroatoms. The molecule has 0 saturated carbocycles. The number of hydrogen-bond donors (Lipinski definition) is 3. The third-order valence-corrected chi connectivity index (χ3v) is 13.3. The number of H-pyrrole nitrogens is 1. The van der Waals surface area contributed by atoms with Crippen molar-refractivity contribution in [2.24, 2.45) is 5.92 Å². The van der Waals surface area contributed by atoms with E-state index in [0.717, 1.165) is 16.7 Å². The number of amides is 1. The Balaban J connectivity index is 1.63. The topological polar surface area (TPSA) is 195 Å². The smallest absolute Gasteiger partial charge is 0.280 e. The van der Waals surface area contributed by atoms with Crippen molar-refractivity contribution >= 4 is 31.5 Å². The number of nitriles is 1. The van der Waals surface area contributed by atoms with Gasteiger partial charge >= 0.3 is 0 Å². The van der Waals surface area contributed by atoms with E-state index in [9.17, 15) is 20.0 Å². The Kier molecular flexibility index (Phi) is 16.3. The lowest BCUT2D eigenvalue weighted by Crippen LogP contribution is -2.53. The summed E-state index contributed by atoms with van der Waals surface area (Å²) in [5.41, 5.74) is 0.391. The first-order valence-corrected chi connectivity index (χ1v) is 22.8. The highest BCUT2D eigenvalue weighted by Gasteiger charge is 2.58. The van der Waals surface area contributed by atoms with E-state index in [-0.39, 0.29) is 60.7 Å². The van der Waals surface area contributed by atoms with Crippen molar-refractivity contribution in [3.63, 3.8) is 0 Å². The van der Waals surface area contributed by atoms with E-state index in [1.165, 1.54) is 6.33 Å². The van der Waals surface area contributed by atoms with E-state index in [2.05, 4.69) is 31.0 Å². The van der Waals surface area contributed by atoms with Crippen molar-refractivity contribution in [3.8, 4) is 17.6 Å². The van der Waals surface area contributed by atoms with Crippen LogP contribution in [0.3, 0.4) is 0 Å². The number of imidazole rings is 1. The minimum absolute atomic E-state index is 0.00447. The number of aliphatic hydroxyl groups is 1. The van der Waals surface area contributed by atoms with Gasteiger partial charge in [-0.05, 0) is 75.1 Å². The molecule has 3 aromatic carbocycles. The summed E-state index contributed by atoms with van der Waals surface area (Å²) >= 11 is 0. The van der Waals surface area contributed by atoms with Gasteiger partial charge in [0.25, 0.3) is 14.1 Å². The predicted octanol–water partition coefficient (Wildman–Crippen LogP) is 7.48. The standard InChI is InChI=1S/C47H60N7O9P/c1-10-26-60-40-38(63-64(61-27-14-25-48)54(30(4)5)31(6)7)39(62-45(40)53-28-49-37-42(53)50-46(52-44(37)57)51-43(56)29(2)3)41(55)47(32-15-12-11-13-16-32,33-17-21-35(58-8)22-18-33)34-19-23-36(59-9)24-20-34/h11-13,15-24,28-31,38-41,45,55H,10,14,26-27H2,1-9H3,(H2,50,51,52,56,57)/t38-,39+,40-,41?,45-,64?/m1/s1. The van der Waals surface area contributed by atoms with E-state index in [1.807, 2.05) is 113 Å². The van der Waals surface area contributed by atoms with E-state index >= 15 is 0 Å². The number of rotatable bonds is 21. The third-order valence-electron chi connectivity index (χ3n) is 11.2. The van der Waals surface area contributed by atoms with Crippen LogP contribution in [0.15, 0.2) is 90.0 Å². The van der Waals surface area contributed by atoms with Gasteiger partial charge in [-0.1, -0.05) is 75.4 Å². The van der Waals surface area contributed by atoms with Crippen LogP contribution < -0.4 is 20.3 Å². The van der Waals surface area contributed by atoms with Gasteiger partial charge in [-0.2, -0.15) is 10.2 Å². The van der Waals surface area contributed by atoms with Crippen LogP contribution in [0.4, 0.5) is 5.95 Å². The highest BCUT2D eigenvalue weighted by atomic mass is 31.2. The molecule has 2 unspecified atom stereocenters. The number of carbonyl (C=O) groups is 1. The number of hydrogen-bond acceptors (Lipinski definition) is 13. The molecule has 1 amide bonds. The molecule has 1 aliphatic rings. The molecule has 3 N–H and O–H groups in total. The number of fused-ring (bicyclic) bond motifs is 1. The summed E-state index contributed by atoms with van der Waals surface area (Å²) in [5, 5.41) is 26.0. The fourth-order valence-electron chi connectivity index (χ4n) is 8.19. The molecular weight excluding hydrogens is 838 g/mol. The van der Waals surface area contributed by atoms with Crippen LogP contribution in [-0.2, 0) is 28.7 Å². The number of benzene rings is 3. The number of nitrogens with one attached hydrogen (secondary N) is 2. The van der Waals surface area contributed by atoms with Crippen LogP contribution in [0, 0.1) is 17.2 Å². The second-order valence-electron chi connectivity index (χ2n) is 16.4. The number of aromatic amines is 1. The van der Waals surface area contributed by atoms with Crippen LogP contribution in [0.25, 0.3) is 11.2 Å². The number of aromatic nitrogens is 4. The van der Waals surface area contributed by atoms with Crippen LogP contribution in [0.2, 0.25) is 0 Å². The molecule has 1 aliphatic heterocycles. The first kappa shape index (κ1) is 48.2. The average Bonchev–Trinajstić information content (AvgIpc) is 3.87. The molecule has 0 spiro atoms. The molecule has 2 aromatic heterocycles. The molecule has 1 fully saturated rings. The Bertz CT molecular complexity index is 2330. The van der Waals surface area contributed by atoms with Crippen molar-refractivity contribution in [3.05, 3.63) is 112 Å². The quantitative estimate of drug-likeness (QED) is 0.0373. The summed E-state index contributed by atoms with van der Waals surface area (Å²) in [6, 6.07) is 26.9. The zero-order valence-corrected chi connectivity index (χ0v) is 38.8. The minimum atomic E-state index is -1.93. The summed E-state index contributed by atoms with van der Waals surface area (Å²) < 4.78 is 42.6. The second-order valence-corrected chi connectivity index (χ2v) is 17.8. The van der Waals surface area contributed by atoms with Crippen molar-refractivity contribution in [1.82, 2.24) is 24.2 Å². The molecule has 6 atom stereocenters. The molecule has 0 aliphatic carbocycles. The monoisotopic (exact) mass is 897 g/mol. The van der Waals surface area contributed by atoms with Gasteiger partial charge in [0.05, 0.1) is 45.1 Å². The van der Waals surface area contributed by atoms with Gasteiger partial charge in [0.1, 0.15) is 35.9 Å². The van der Waals surface area contributed by atoms with Crippen LogP contribution in [-0.4, -0.2) is 99.1 Å². The van der Waals surface area contributed by atoms with Gasteiger partial charge in [0, 0.05) is 24.6 Å². The van der Waals surface area contributed by atoms with Gasteiger partial charge in [0.15, 0.2) is 17.4 Å². The summed E-state index contributed by atoms with van der Waals surface area (Å²) in [5.74, 6) is 0.460. The van der Waals surface area contributed by atoms with Crippen molar-refractivity contribution in [2.75, 3.05) is 32.8 Å². The summed E-state index contributed by atoms with van der Waals surface area (Å²) in [6.07, 6.45) is -3.54. The molecule has 6 rings (SSSR count). The first-order chi connectivity index (χ1) is 30.8. The van der Waals surface area contributed by atoms with E-state index in [1.54, 1.807) is 32.6 Å². The second kappa shape index (κ2) is 21.6. The number of methoxy groups -OCH3 is 2. The van der Waals surface area contributed by atoms with E-state index in [0.29, 0.717) is 17.9 Å². The maximum absolute atomic E-state index is 13.8. The largest absolute Gasteiger partial charge is 0.497 e. The van der Waals surface area contributed by atoms with Crippen LogP contribution in [0.1, 0.15) is 84.2 Å². The van der Waals surface area contributed by atoms with Gasteiger partial charge < -0.3 is 33.1 Å². The number of nitrogens with zero attached hydrogens (tertiary/aromatic N) is 5. The highest BCUT2D eigenvalue weighted by Crippen LogP contribution is 2.54. The Labute approximate surface area is 375 Å². The van der Waals surface area contributed by atoms with Gasteiger partial charge in [-0.3, -0.25) is 24.5 Å². The number of aliphatic hydroxyl groups excluding tert-OH is 1. The predicted molar refractivity (Wildman–Crippen MR) is 244 cm³/mol. The van der Waals surface area contributed by atoms with Crippen LogP contribution in [0.5, 0.6) is 11.5 Å². The van der Waals surface area contributed by atoms with Crippen molar-refractivity contribution in [2.45, 2.75) is 109 Å². The number of ether oxygens (including phenoxy) is 4. The minimum Gasteiger partial charge on any atom is -0.497 e. The fourth-order valence-corrected chi connectivity index (χ4v) is 9.95. The maximum atomic E-state index is 13.8. The highest BCUT2D eigenvalue weighted by molar-refractivity contribution is 7.44. The Morgan fingerprint density at radius 2 is 1.53 bits per heavy atom. The zero-order chi connectivity index (χ0) is 46.1. The van der Waals surface area contributed by atoms with Gasteiger partial charge in [-0.25, -0.2) is 9.65 Å². The van der Waals surface area contributed by atoms with Gasteiger partial charge in [-0.15, -0.1) is 0 Å². The zero-order valence-electron chi connectivity index (χ0n) is 37.9. The normalized spacial score (nSPS) is 18.8. The molecular formula is C47H60N7O9P. The van der Waals surface area contributed by atoms with E-state index < -0.39 is 50.1 Å².